The minimum atomic E-state index is -0.202. The van der Waals surface area contributed by atoms with Crippen LogP contribution in [0.1, 0.15) is 41.1 Å². The maximum Gasteiger partial charge on any atom is 0.235 e. The fourth-order valence-electron chi connectivity index (χ4n) is 4.02. The number of carbonyl (C=O) groups excluding carboxylic acids is 1. The second kappa shape index (κ2) is 9.77. The van der Waals surface area contributed by atoms with Crippen LogP contribution in [0.25, 0.3) is 5.82 Å². The van der Waals surface area contributed by atoms with E-state index in [9.17, 15) is 10.1 Å². The van der Waals surface area contributed by atoms with E-state index in [0.29, 0.717) is 28.8 Å². The summed E-state index contributed by atoms with van der Waals surface area (Å²) < 4.78 is 9.50. The molecule has 1 atom stereocenters. The van der Waals surface area contributed by atoms with Gasteiger partial charge in [-0.15, -0.1) is 10.2 Å². The molecule has 33 heavy (non-hydrogen) atoms. The van der Waals surface area contributed by atoms with Gasteiger partial charge in [-0.3, -0.25) is 4.79 Å². The highest BCUT2D eigenvalue weighted by Crippen LogP contribution is 2.29. The topological polar surface area (TPSA) is 111 Å². The SMILES string of the molecule is Cc1cc(C)n(-c2ccc(SCC(=O)Nc3c(C#N)c(C)c(C)n3C[C@H]3CCCO3)nn2)n1. The van der Waals surface area contributed by atoms with Gasteiger partial charge in [0.2, 0.25) is 5.91 Å². The summed E-state index contributed by atoms with van der Waals surface area (Å²) in [5.74, 6) is 1.12. The van der Waals surface area contributed by atoms with Crippen molar-refractivity contribution >= 4 is 23.5 Å². The quantitative estimate of drug-likeness (QED) is 0.532. The lowest BCUT2D eigenvalue weighted by Gasteiger charge is -2.16. The van der Waals surface area contributed by atoms with Crippen molar-refractivity contribution in [3.63, 3.8) is 0 Å². The van der Waals surface area contributed by atoms with Gasteiger partial charge in [-0.2, -0.15) is 10.4 Å². The van der Waals surface area contributed by atoms with Crippen molar-refractivity contribution < 1.29 is 9.53 Å². The third-order valence-corrected chi connectivity index (χ3v) is 6.73. The fraction of sp³-hybridized carbons (Fsp3) is 0.435. The van der Waals surface area contributed by atoms with E-state index in [4.69, 9.17) is 4.74 Å². The molecule has 3 aromatic heterocycles. The van der Waals surface area contributed by atoms with Crippen LogP contribution in [-0.2, 0) is 16.1 Å². The molecular weight excluding hydrogens is 438 g/mol. The minimum absolute atomic E-state index is 0.100. The monoisotopic (exact) mass is 465 g/mol. The molecule has 0 radical (unpaired) electrons. The van der Waals surface area contributed by atoms with E-state index < -0.39 is 0 Å². The number of carbonyl (C=O) groups is 1. The van der Waals surface area contributed by atoms with Crippen molar-refractivity contribution in [1.82, 2.24) is 24.5 Å². The summed E-state index contributed by atoms with van der Waals surface area (Å²) in [4.78, 5) is 12.8. The number of nitrogens with one attached hydrogen (secondary N) is 1. The summed E-state index contributed by atoms with van der Waals surface area (Å²) in [5, 5.41) is 26.1. The Morgan fingerprint density at radius 1 is 1.30 bits per heavy atom. The van der Waals surface area contributed by atoms with Crippen molar-refractivity contribution in [1.29, 1.82) is 5.26 Å². The Morgan fingerprint density at radius 3 is 2.73 bits per heavy atom. The van der Waals surface area contributed by atoms with Gasteiger partial charge in [0.25, 0.3) is 0 Å². The number of thioether (sulfide) groups is 1. The fourth-order valence-corrected chi connectivity index (χ4v) is 4.64. The molecule has 1 fully saturated rings. The number of ether oxygens (including phenoxy) is 1. The lowest BCUT2D eigenvalue weighted by Crippen LogP contribution is -2.22. The molecule has 0 unspecified atom stereocenters. The highest BCUT2D eigenvalue weighted by atomic mass is 32.2. The Labute approximate surface area is 197 Å². The first-order valence-corrected chi connectivity index (χ1v) is 11.9. The molecule has 172 valence electrons. The van der Waals surface area contributed by atoms with Crippen molar-refractivity contribution in [3.05, 3.63) is 46.4 Å². The lowest BCUT2D eigenvalue weighted by atomic mass is 10.2. The Kier molecular flexibility index (Phi) is 6.81. The molecule has 3 aromatic rings. The molecule has 10 heteroatoms. The largest absolute Gasteiger partial charge is 0.376 e. The zero-order chi connectivity index (χ0) is 23.5. The van der Waals surface area contributed by atoms with Crippen LogP contribution in [0.5, 0.6) is 0 Å². The number of nitriles is 1. The van der Waals surface area contributed by atoms with Gasteiger partial charge in [0.05, 0.1) is 29.7 Å². The molecular formula is C23H27N7O2S. The summed E-state index contributed by atoms with van der Waals surface area (Å²) in [6, 6.07) is 7.88. The summed E-state index contributed by atoms with van der Waals surface area (Å²) in [6.45, 7) is 9.14. The molecule has 1 aliphatic heterocycles. The molecule has 0 saturated carbocycles. The molecule has 4 heterocycles. The number of anilines is 1. The standard InChI is InChI=1S/C23H27N7O2S/c1-14-10-15(2)30(28-14)20-7-8-22(27-26-20)33-13-21(31)25-23-19(11-24)16(3)17(4)29(23)12-18-6-5-9-32-18/h7-8,10,18H,5-6,9,12-13H2,1-4H3,(H,25,31)/t18-/m1/s1. The predicted molar refractivity (Wildman–Crippen MR) is 126 cm³/mol. The van der Waals surface area contributed by atoms with Gasteiger partial charge in [-0.1, -0.05) is 11.8 Å². The van der Waals surface area contributed by atoms with E-state index in [1.807, 2.05) is 50.5 Å². The average molecular weight is 466 g/mol. The molecule has 0 bridgehead atoms. The van der Waals surface area contributed by atoms with Crippen LogP contribution in [0.3, 0.4) is 0 Å². The summed E-state index contributed by atoms with van der Waals surface area (Å²) in [5.41, 5.74) is 4.24. The Bertz CT molecular complexity index is 1200. The molecule has 0 spiro atoms. The van der Waals surface area contributed by atoms with Gasteiger partial charge in [0.15, 0.2) is 5.82 Å². The Morgan fingerprint density at radius 2 is 2.12 bits per heavy atom. The highest BCUT2D eigenvalue weighted by molar-refractivity contribution is 7.99. The second-order valence-corrected chi connectivity index (χ2v) is 9.19. The van der Waals surface area contributed by atoms with Crippen molar-refractivity contribution in [3.8, 4) is 11.9 Å². The van der Waals surface area contributed by atoms with Gasteiger partial charge in [0, 0.05) is 18.0 Å². The van der Waals surface area contributed by atoms with E-state index in [1.54, 1.807) is 4.68 Å². The van der Waals surface area contributed by atoms with E-state index in [1.165, 1.54) is 11.8 Å². The van der Waals surface area contributed by atoms with E-state index >= 15 is 0 Å². The van der Waals surface area contributed by atoms with Crippen molar-refractivity contribution in [2.24, 2.45) is 0 Å². The zero-order valence-electron chi connectivity index (χ0n) is 19.3. The number of nitrogens with zero attached hydrogens (tertiary/aromatic N) is 6. The molecule has 9 nitrogen and oxygen atoms in total. The smallest absolute Gasteiger partial charge is 0.235 e. The molecule has 0 aromatic carbocycles. The van der Waals surface area contributed by atoms with E-state index in [2.05, 4.69) is 26.7 Å². The van der Waals surface area contributed by atoms with Crippen molar-refractivity contribution in [2.45, 2.75) is 58.2 Å². The average Bonchev–Trinajstić information content (AvgIpc) is 3.49. The number of hydrogen-bond acceptors (Lipinski definition) is 7. The second-order valence-electron chi connectivity index (χ2n) is 8.20. The first kappa shape index (κ1) is 23.0. The van der Waals surface area contributed by atoms with Gasteiger partial charge >= 0.3 is 0 Å². The third-order valence-electron chi connectivity index (χ3n) is 5.81. The first-order valence-electron chi connectivity index (χ1n) is 10.9. The molecule has 1 aliphatic rings. The van der Waals surface area contributed by atoms with Gasteiger partial charge in [-0.25, -0.2) is 4.68 Å². The Balaban J connectivity index is 1.43. The van der Waals surface area contributed by atoms with Crippen molar-refractivity contribution in [2.75, 3.05) is 17.7 Å². The van der Waals surface area contributed by atoms with Crippen LogP contribution in [0, 0.1) is 39.0 Å². The van der Waals surface area contributed by atoms with Crippen LogP contribution in [0.2, 0.25) is 0 Å². The molecule has 4 rings (SSSR count). The highest BCUT2D eigenvalue weighted by Gasteiger charge is 2.24. The summed E-state index contributed by atoms with van der Waals surface area (Å²) in [6.07, 6.45) is 2.11. The predicted octanol–water partition coefficient (Wildman–Crippen LogP) is 3.48. The van der Waals surface area contributed by atoms with Crippen LogP contribution >= 0.6 is 11.8 Å². The molecule has 1 saturated heterocycles. The van der Waals surface area contributed by atoms with Crippen LogP contribution in [0.15, 0.2) is 23.2 Å². The van der Waals surface area contributed by atoms with Crippen LogP contribution < -0.4 is 5.32 Å². The molecule has 1 amide bonds. The van der Waals surface area contributed by atoms with Crippen LogP contribution in [-0.4, -0.2) is 48.9 Å². The molecule has 1 N–H and O–H groups in total. The number of amides is 1. The molecule has 0 aliphatic carbocycles. The lowest BCUT2D eigenvalue weighted by molar-refractivity contribution is -0.113. The summed E-state index contributed by atoms with van der Waals surface area (Å²) in [7, 11) is 0. The summed E-state index contributed by atoms with van der Waals surface area (Å²) >= 11 is 1.29. The Hall–Kier alpha value is -3.16. The number of hydrogen-bond donors (Lipinski definition) is 1. The number of aromatic nitrogens is 5. The number of rotatable bonds is 7. The third kappa shape index (κ3) is 4.94. The van der Waals surface area contributed by atoms with Gasteiger partial charge < -0.3 is 14.6 Å². The zero-order valence-corrected chi connectivity index (χ0v) is 20.1. The van der Waals surface area contributed by atoms with E-state index in [-0.39, 0.29) is 17.8 Å². The maximum atomic E-state index is 12.8. The van der Waals surface area contributed by atoms with Gasteiger partial charge in [-0.05, 0) is 64.3 Å². The van der Waals surface area contributed by atoms with E-state index in [0.717, 1.165) is 42.1 Å². The first-order chi connectivity index (χ1) is 15.9. The van der Waals surface area contributed by atoms with Crippen LogP contribution in [0.4, 0.5) is 5.82 Å². The van der Waals surface area contributed by atoms with Gasteiger partial charge in [0.1, 0.15) is 16.9 Å². The number of aryl methyl sites for hydroxylation is 2. The minimum Gasteiger partial charge on any atom is -0.376 e. The normalized spacial score (nSPS) is 15.5. The maximum absolute atomic E-state index is 12.8.